The lowest BCUT2D eigenvalue weighted by molar-refractivity contribution is -0.143. The summed E-state index contributed by atoms with van der Waals surface area (Å²) < 4.78 is 0. The van der Waals surface area contributed by atoms with Gasteiger partial charge in [0.25, 0.3) is 0 Å². The molecule has 100 valence electrons. The van der Waals surface area contributed by atoms with E-state index in [1.54, 1.807) is 0 Å². The maximum Gasteiger partial charge on any atom is 0.306 e. The van der Waals surface area contributed by atoms with E-state index in [-0.39, 0.29) is 5.92 Å². The third-order valence-electron chi connectivity index (χ3n) is 3.18. The van der Waals surface area contributed by atoms with Crippen LogP contribution in [-0.2, 0) is 4.79 Å². The highest BCUT2D eigenvalue weighted by atomic mass is 16.4. The number of rotatable bonds is 2. The highest BCUT2D eigenvalue weighted by Gasteiger charge is 2.23. The monoisotopic (exact) mass is 250 g/mol. The fourth-order valence-corrected chi connectivity index (χ4v) is 1.95. The summed E-state index contributed by atoms with van der Waals surface area (Å²) in [5.74, 6) is -0.710. The van der Waals surface area contributed by atoms with E-state index in [0.29, 0.717) is 0 Å². The van der Waals surface area contributed by atoms with E-state index in [4.69, 9.17) is 10.8 Å². The van der Waals surface area contributed by atoms with Crippen molar-refractivity contribution in [2.75, 3.05) is 25.4 Å². The van der Waals surface area contributed by atoms with E-state index in [2.05, 4.69) is 11.8 Å². The Balaban J connectivity index is 0.000000199. The first-order valence-corrected chi connectivity index (χ1v) is 6.39. The highest BCUT2D eigenvalue weighted by molar-refractivity contribution is 5.70. The molecule has 0 aromatic heterocycles. The van der Waals surface area contributed by atoms with Crippen LogP contribution in [0.2, 0.25) is 0 Å². The molecule has 0 amide bonds. The van der Waals surface area contributed by atoms with Crippen molar-refractivity contribution in [3.05, 3.63) is 30.3 Å². The van der Waals surface area contributed by atoms with Crippen LogP contribution in [0.15, 0.2) is 30.3 Å². The molecule has 0 atom stereocenters. The lowest BCUT2D eigenvalue weighted by atomic mass is 9.97. The number of para-hydroxylation sites is 1. The summed E-state index contributed by atoms with van der Waals surface area (Å²) in [6.45, 7) is 5.06. The van der Waals surface area contributed by atoms with Crippen molar-refractivity contribution < 1.29 is 9.90 Å². The van der Waals surface area contributed by atoms with Crippen molar-refractivity contribution in [1.82, 2.24) is 4.90 Å². The Bertz CT molecular complexity index is 346. The van der Waals surface area contributed by atoms with E-state index in [1.165, 1.54) is 0 Å². The van der Waals surface area contributed by atoms with Crippen LogP contribution in [0.25, 0.3) is 0 Å². The van der Waals surface area contributed by atoms with Gasteiger partial charge in [-0.2, -0.15) is 0 Å². The predicted octanol–water partition coefficient (Wildman–Crippen LogP) is 2.07. The molecular weight excluding hydrogens is 228 g/mol. The van der Waals surface area contributed by atoms with Gasteiger partial charge in [-0.3, -0.25) is 4.79 Å². The quantitative estimate of drug-likeness (QED) is 0.789. The summed E-state index contributed by atoms with van der Waals surface area (Å²) in [5, 5.41) is 8.68. The normalized spacial score (nSPS) is 16.7. The number of aliphatic carboxylic acids is 1. The van der Waals surface area contributed by atoms with Crippen molar-refractivity contribution in [2.24, 2.45) is 5.92 Å². The minimum atomic E-state index is -0.624. The van der Waals surface area contributed by atoms with Gasteiger partial charge in [-0.1, -0.05) is 25.1 Å². The maximum absolute atomic E-state index is 10.5. The number of carboxylic acids is 1. The first-order chi connectivity index (χ1) is 8.63. The van der Waals surface area contributed by atoms with Crippen molar-refractivity contribution in [1.29, 1.82) is 0 Å². The van der Waals surface area contributed by atoms with Crippen LogP contribution in [0.3, 0.4) is 0 Å². The van der Waals surface area contributed by atoms with Gasteiger partial charge in [-0.25, -0.2) is 0 Å². The molecule has 1 aliphatic rings. The molecule has 1 heterocycles. The van der Waals surface area contributed by atoms with Gasteiger partial charge < -0.3 is 15.7 Å². The molecule has 1 aromatic carbocycles. The second kappa shape index (κ2) is 7.71. The van der Waals surface area contributed by atoms with Gasteiger partial charge >= 0.3 is 5.97 Å². The number of nitrogen functional groups attached to an aromatic ring is 1. The van der Waals surface area contributed by atoms with Crippen molar-refractivity contribution in [3.8, 4) is 0 Å². The third-order valence-corrected chi connectivity index (χ3v) is 3.18. The second-order valence-corrected chi connectivity index (χ2v) is 4.46. The first-order valence-electron chi connectivity index (χ1n) is 6.39. The maximum atomic E-state index is 10.5. The molecule has 4 heteroatoms. The van der Waals surface area contributed by atoms with Gasteiger partial charge in [0, 0.05) is 5.69 Å². The number of hydrogen-bond donors (Lipinski definition) is 2. The standard InChI is InChI=1S/C8H15NO2.C6H7N/c1-2-9-5-3-7(4-6-9)8(10)11;7-6-4-2-1-3-5-6/h7H,2-6H2,1H3,(H,10,11);1-5H,7H2. The number of piperidine rings is 1. The summed E-state index contributed by atoms with van der Waals surface area (Å²) in [5.41, 5.74) is 6.18. The fourth-order valence-electron chi connectivity index (χ4n) is 1.95. The van der Waals surface area contributed by atoms with Crippen molar-refractivity contribution in [3.63, 3.8) is 0 Å². The van der Waals surface area contributed by atoms with E-state index in [0.717, 1.165) is 38.2 Å². The Morgan fingerprint density at radius 1 is 1.33 bits per heavy atom. The van der Waals surface area contributed by atoms with E-state index in [1.807, 2.05) is 30.3 Å². The lowest BCUT2D eigenvalue weighted by Gasteiger charge is -2.28. The minimum absolute atomic E-state index is 0.0854. The molecule has 2 rings (SSSR count). The number of carboxylic acid groups (broad SMARTS) is 1. The van der Waals surface area contributed by atoms with Crippen LogP contribution in [-0.4, -0.2) is 35.6 Å². The molecule has 0 spiro atoms. The average molecular weight is 250 g/mol. The molecule has 1 fully saturated rings. The SMILES string of the molecule is CCN1CCC(C(=O)O)CC1.Nc1ccccc1. The summed E-state index contributed by atoms with van der Waals surface area (Å²) in [6, 6.07) is 9.49. The molecule has 0 radical (unpaired) electrons. The van der Waals surface area contributed by atoms with Crippen LogP contribution < -0.4 is 5.73 Å². The molecule has 1 aromatic rings. The Morgan fingerprint density at radius 2 is 1.89 bits per heavy atom. The zero-order valence-corrected chi connectivity index (χ0v) is 10.9. The Labute approximate surface area is 108 Å². The lowest BCUT2D eigenvalue weighted by Crippen LogP contribution is -2.35. The number of nitrogens with zero attached hydrogens (tertiary/aromatic N) is 1. The number of hydrogen-bond acceptors (Lipinski definition) is 3. The molecule has 18 heavy (non-hydrogen) atoms. The van der Waals surface area contributed by atoms with E-state index in [9.17, 15) is 4.79 Å². The number of anilines is 1. The summed E-state index contributed by atoms with van der Waals surface area (Å²) in [6.07, 6.45) is 1.65. The number of benzene rings is 1. The topological polar surface area (TPSA) is 66.6 Å². The molecule has 3 N–H and O–H groups in total. The molecule has 4 nitrogen and oxygen atoms in total. The van der Waals surface area contributed by atoms with Crippen LogP contribution >= 0.6 is 0 Å². The Morgan fingerprint density at radius 3 is 2.22 bits per heavy atom. The molecule has 0 unspecified atom stereocenters. The zero-order valence-electron chi connectivity index (χ0n) is 10.9. The molecule has 0 bridgehead atoms. The highest BCUT2D eigenvalue weighted by Crippen LogP contribution is 2.16. The second-order valence-electron chi connectivity index (χ2n) is 4.46. The van der Waals surface area contributed by atoms with Gasteiger partial charge in [0.1, 0.15) is 0 Å². The van der Waals surface area contributed by atoms with Crippen LogP contribution in [0.1, 0.15) is 19.8 Å². The predicted molar refractivity (Wildman–Crippen MR) is 73.3 cm³/mol. The number of nitrogens with two attached hydrogens (primary N) is 1. The van der Waals surface area contributed by atoms with Crippen LogP contribution in [0.4, 0.5) is 5.69 Å². The van der Waals surface area contributed by atoms with Gasteiger partial charge in [0.2, 0.25) is 0 Å². The molecule has 0 saturated carbocycles. The van der Waals surface area contributed by atoms with Gasteiger partial charge in [0.15, 0.2) is 0 Å². The third kappa shape index (κ3) is 5.19. The van der Waals surface area contributed by atoms with Gasteiger partial charge in [-0.15, -0.1) is 0 Å². The van der Waals surface area contributed by atoms with Crippen LogP contribution in [0.5, 0.6) is 0 Å². The van der Waals surface area contributed by atoms with Gasteiger partial charge in [-0.05, 0) is 44.6 Å². The van der Waals surface area contributed by atoms with Gasteiger partial charge in [0.05, 0.1) is 5.92 Å². The fraction of sp³-hybridized carbons (Fsp3) is 0.500. The number of carbonyl (C=O) groups is 1. The summed E-state index contributed by atoms with van der Waals surface area (Å²) in [7, 11) is 0. The van der Waals surface area contributed by atoms with Crippen molar-refractivity contribution >= 4 is 11.7 Å². The minimum Gasteiger partial charge on any atom is -0.481 e. The Hall–Kier alpha value is -1.55. The summed E-state index contributed by atoms with van der Waals surface area (Å²) >= 11 is 0. The summed E-state index contributed by atoms with van der Waals surface area (Å²) in [4.78, 5) is 12.8. The molecule has 1 aliphatic heterocycles. The number of likely N-dealkylation sites (tertiary alicyclic amines) is 1. The smallest absolute Gasteiger partial charge is 0.306 e. The zero-order chi connectivity index (χ0) is 13.4. The molecule has 1 saturated heterocycles. The van der Waals surface area contributed by atoms with Crippen LogP contribution in [0, 0.1) is 5.92 Å². The van der Waals surface area contributed by atoms with Crippen molar-refractivity contribution in [2.45, 2.75) is 19.8 Å². The largest absolute Gasteiger partial charge is 0.481 e. The molecular formula is C14H22N2O2. The Kier molecular flexibility index (Phi) is 6.22. The van der Waals surface area contributed by atoms with E-state index >= 15 is 0 Å². The van der Waals surface area contributed by atoms with E-state index < -0.39 is 5.97 Å². The average Bonchev–Trinajstić information content (AvgIpc) is 2.40. The molecule has 0 aliphatic carbocycles. The first kappa shape index (κ1) is 14.5.